The first kappa shape index (κ1) is 32.4. The van der Waals surface area contributed by atoms with Crippen LogP contribution in [0.2, 0.25) is 5.02 Å². The minimum Gasteiger partial charge on any atom is -0.508 e. The van der Waals surface area contributed by atoms with E-state index in [-0.39, 0.29) is 31.4 Å². The number of Topliss-reactive ketones (excluding diaryl/α,β-unsaturated/α-hetero) is 1. The summed E-state index contributed by atoms with van der Waals surface area (Å²) in [5.41, 5.74) is 5.77. The van der Waals surface area contributed by atoms with E-state index >= 15 is 0 Å². The van der Waals surface area contributed by atoms with Crippen LogP contribution in [0.4, 0.5) is 4.39 Å². The lowest BCUT2D eigenvalue weighted by Gasteiger charge is -2.38. The smallest absolute Gasteiger partial charge is 0.237 e. The van der Waals surface area contributed by atoms with Gasteiger partial charge in [0.2, 0.25) is 11.8 Å². The molecule has 0 spiro atoms. The molecule has 5 N–H and O–H groups in total. The number of carbonyl (C=O) groups excluding carboxylic acids is 4. The molecule has 3 atom stereocenters. The number of phenols is 1. The van der Waals surface area contributed by atoms with Crippen molar-refractivity contribution in [2.24, 2.45) is 5.73 Å². The van der Waals surface area contributed by atoms with Gasteiger partial charge in [0.25, 0.3) is 0 Å². The van der Waals surface area contributed by atoms with Crippen molar-refractivity contribution >= 4 is 35.5 Å². The number of rotatable bonds is 14. The van der Waals surface area contributed by atoms with Crippen molar-refractivity contribution in [2.75, 3.05) is 13.7 Å². The van der Waals surface area contributed by atoms with Crippen molar-refractivity contribution in [3.63, 3.8) is 0 Å². The van der Waals surface area contributed by atoms with Gasteiger partial charge in [0, 0.05) is 24.9 Å². The highest BCUT2D eigenvalue weighted by Crippen LogP contribution is 2.24. The van der Waals surface area contributed by atoms with Crippen LogP contribution < -0.4 is 11.1 Å². The van der Waals surface area contributed by atoms with Gasteiger partial charge in [-0.3, -0.25) is 14.4 Å². The molecule has 2 amide bonds. The van der Waals surface area contributed by atoms with Crippen molar-refractivity contribution in [2.45, 2.75) is 43.3 Å². The van der Waals surface area contributed by atoms with E-state index in [0.717, 1.165) is 10.5 Å². The lowest BCUT2D eigenvalue weighted by molar-refractivity contribution is -0.150. The van der Waals surface area contributed by atoms with Crippen molar-refractivity contribution < 1.29 is 33.8 Å². The molecular weight excluding hydrogens is 565 g/mol. The third-order valence-electron chi connectivity index (χ3n) is 7.07. The third kappa shape index (κ3) is 8.22. The summed E-state index contributed by atoms with van der Waals surface area (Å²) in [6.45, 7) is -0.860. The normalized spacial score (nSPS) is 13.8. The lowest BCUT2D eigenvalue weighted by Crippen LogP contribution is -2.65. The summed E-state index contributed by atoms with van der Waals surface area (Å²) in [5, 5.41) is 22.8. The molecule has 0 fully saturated rings. The van der Waals surface area contributed by atoms with E-state index in [1.807, 2.05) is 0 Å². The molecule has 11 heteroatoms. The predicted molar refractivity (Wildman–Crippen MR) is 155 cm³/mol. The van der Waals surface area contributed by atoms with Crippen LogP contribution in [0.25, 0.3) is 0 Å². The summed E-state index contributed by atoms with van der Waals surface area (Å²) < 4.78 is 13.3. The number of ketones is 1. The molecule has 0 saturated carbocycles. The zero-order chi connectivity index (χ0) is 30.9. The van der Waals surface area contributed by atoms with E-state index < -0.39 is 47.6 Å². The first-order chi connectivity index (χ1) is 20.0. The fraction of sp³-hybridized carbons (Fsp3) is 0.290. The van der Waals surface area contributed by atoms with E-state index in [1.165, 1.54) is 55.6 Å². The number of aldehydes is 1. The molecule has 9 nitrogen and oxygen atoms in total. The van der Waals surface area contributed by atoms with Crippen LogP contribution in [-0.2, 0) is 38.4 Å². The Morgan fingerprint density at radius 1 is 1.00 bits per heavy atom. The fourth-order valence-electron chi connectivity index (χ4n) is 4.51. The molecule has 42 heavy (non-hydrogen) atoms. The summed E-state index contributed by atoms with van der Waals surface area (Å²) in [6.07, 6.45) is 0.246. The summed E-state index contributed by atoms with van der Waals surface area (Å²) in [4.78, 5) is 54.0. The van der Waals surface area contributed by atoms with Crippen LogP contribution in [0.15, 0.2) is 72.8 Å². The van der Waals surface area contributed by atoms with Gasteiger partial charge in [0.15, 0.2) is 17.6 Å². The lowest BCUT2D eigenvalue weighted by atomic mass is 9.82. The molecule has 3 rings (SSSR count). The number of aryl methyl sites for hydroxylation is 1. The minimum absolute atomic E-state index is 0.0410. The molecule has 0 aliphatic carbocycles. The first-order valence-corrected chi connectivity index (χ1v) is 13.6. The Kier molecular flexibility index (Phi) is 11.3. The highest BCUT2D eigenvalue weighted by atomic mass is 35.5. The number of hydrogen-bond acceptors (Lipinski definition) is 7. The number of carbonyl (C=O) groups is 4. The molecule has 0 unspecified atom stereocenters. The summed E-state index contributed by atoms with van der Waals surface area (Å²) in [7, 11) is 1.29. The van der Waals surface area contributed by atoms with Crippen molar-refractivity contribution in [1.29, 1.82) is 0 Å². The van der Waals surface area contributed by atoms with Gasteiger partial charge in [-0.05, 0) is 65.9 Å². The zero-order valence-corrected chi connectivity index (χ0v) is 23.8. The number of aromatic hydroxyl groups is 1. The van der Waals surface area contributed by atoms with Crippen LogP contribution in [-0.4, -0.2) is 70.3 Å². The highest BCUT2D eigenvalue weighted by molar-refractivity contribution is 6.30. The Morgan fingerprint density at radius 3 is 2.14 bits per heavy atom. The molecule has 0 bridgehead atoms. The maximum absolute atomic E-state index is 14.0. The van der Waals surface area contributed by atoms with Gasteiger partial charge in [-0.25, -0.2) is 4.39 Å². The number of amides is 2. The van der Waals surface area contributed by atoms with Gasteiger partial charge >= 0.3 is 0 Å². The van der Waals surface area contributed by atoms with Crippen LogP contribution >= 0.6 is 11.6 Å². The number of benzene rings is 3. The second kappa shape index (κ2) is 14.7. The molecular formula is C31H33ClFN3O6. The fourth-order valence-corrected chi connectivity index (χ4v) is 4.64. The average Bonchev–Trinajstić information content (AvgIpc) is 2.99. The molecule has 0 aliphatic rings. The van der Waals surface area contributed by atoms with Gasteiger partial charge < -0.3 is 31.0 Å². The number of halogens is 2. The van der Waals surface area contributed by atoms with Gasteiger partial charge in [-0.15, -0.1) is 0 Å². The molecule has 0 radical (unpaired) electrons. The van der Waals surface area contributed by atoms with E-state index in [2.05, 4.69) is 5.32 Å². The minimum atomic E-state index is -2.13. The number of likely N-dealkylation sites (N-methyl/N-ethyl adjacent to an activating group) is 1. The molecule has 0 aliphatic heterocycles. The summed E-state index contributed by atoms with van der Waals surface area (Å²) >= 11 is 5.90. The number of nitrogens with zero attached hydrogens (tertiary/aromatic N) is 1. The Balaban J connectivity index is 1.85. The van der Waals surface area contributed by atoms with Crippen LogP contribution in [0.1, 0.15) is 23.1 Å². The van der Waals surface area contributed by atoms with Gasteiger partial charge in [-0.1, -0.05) is 48.0 Å². The van der Waals surface area contributed by atoms with Crippen LogP contribution in [0.5, 0.6) is 5.75 Å². The Labute approximate surface area is 248 Å². The van der Waals surface area contributed by atoms with Gasteiger partial charge in [0.1, 0.15) is 17.6 Å². The first-order valence-electron chi connectivity index (χ1n) is 13.2. The summed E-state index contributed by atoms with van der Waals surface area (Å²) in [5.74, 6) is -2.70. The average molecular weight is 598 g/mol. The third-order valence-corrected chi connectivity index (χ3v) is 7.32. The van der Waals surface area contributed by atoms with E-state index in [1.54, 1.807) is 24.3 Å². The predicted octanol–water partition coefficient (Wildman–Crippen LogP) is 2.37. The molecule has 222 valence electrons. The van der Waals surface area contributed by atoms with E-state index in [4.69, 9.17) is 17.3 Å². The monoisotopic (exact) mass is 597 g/mol. The largest absolute Gasteiger partial charge is 0.508 e. The summed E-state index contributed by atoms with van der Waals surface area (Å²) in [6, 6.07) is 15.3. The van der Waals surface area contributed by atoms with Gasteiger partial charge in [-0.2, -0.15) is 0 Å². The maximum Gasteiger partial charge on any atom is 0.237 e. The standard InChI is InChI=1S/C31H33ClFN3O6/c1-36(28(40)15-8-20-4-11-24(33)12-5-20)31(19-38,17-22-6-13-25(39)14-7-22)29(41)27(18-37)35-30(42)26(34)16-21-2-9-23(32)10-3-21/h2-7,9-14,19,26-27,37,39H,8,15-18,34H2,1H3,(H,35,42)/t26-,27-,31-/m0/s1. The Hall–Kier alpha value is -4.12. The van der Waals surface area contributed by atoms with Crippen molar-refractivity contribution in [3.05, 3.63) is 100 Å². The van der Waals surface area contributed by atoms with E-state index in [0.29, 0.717) is 22.4 Å². The SMILES string of the molecule is CN(C(=O)CCc1ccc(F)cc1)[C@](C=O)(Cc1ccc(O)cc1)C(=O)[C@H](CO)NC(=O)[C@@H](N)Cc1ccc(Cl)cc1. The Bertz CT molecular complexity index is 1390. The highest BCUT2D eigenvalue weighted by Gasteiger charge is 2.48. The molecule has 0 heterocycles. The number of nitrogens with one attached hydrogen (secondary N) is 1. The topological polar surface area (TPSA) is 150 Å². The van der Waals surface area contributed by atoms with Crippen molar-refractivity contribution in [1.82, 2.24) is 10.2 Å². The molecule has 0 aromatic heterocycles. The number of hydrogen-bond donors (Lipinski definition) is 4. The number of aliphatic hydroxyl groups is 1. The molecule has 0 saturated heterocycles. The van der Waals surface area contributed by atoms with E-state index in [9.17, 15) is 33.8 Å². The maximum atomic E-state index is 14.0. The van der Waals surface area contributed by atoms with Gasteiger partial charge in [0.05, 0.1) is 12.6 Å². The molecule has 3 aromatic rings. The number of phenolic OH excluding ortho intramolecular Hbond substituents is 1. The number of nitrogens with two attached hydrogens (primary N) is 1. The number of aliphatic hydroxyl groups excluding tert-OH is 1. The Morgan fingerprint density at radius 2 is 1.57 bits per heavy atom. The zero-order valence-electron chi connectivity index (χ0n) is 23.0. The second-order valence-electron chi connectivity index (χ2n) is 10.0. The second-order valence-corrected chi connectivity index (χ2v) is 10.4. The van der Waals surface area contributed by atoms with Crippen molar-refractivity contribution in [3.8, 4) is 5.75 Å². The van der Waals surface area contributed by atoms with Crippen LogP contribution in [0, 0.1) is 5.82 Å². The van der Waals surface area contributed by atoms with Crippen LogP contribution in [0.3, 0.4) is 0 Å². The molecule has 3 aromatic carbocycles. The quantitative estimate of drug-likeness (QED) is 0.165.